The molecule has 1 atom stereocenters. The Labute approximate surface area is 101 Å². The second-order valence-electron chi connectivity index (χ2n) is 4.91. The molecule has 1 saturated carbocycles. The van der Waals surface area contributed by atoms with E-state index in [1.54, 1.807) is 0 Å². The van der Waals surface area contributed by atoms with Crippen molar-refractivity contribution in [2.45, 2.75) is 26.2 Å². The van der Waals surface area contributed by atoms with Crippen LogP contribution in [0, 0.1) is 11.3 Å². The van der Waals surface area contributed by atoms with Gasteiger partial charge in [0, 0.05) is 0 Å². The van der Waals surface area contributed by atoms with Crippen molar-refractivity contribution >= 4 is 5.97 Å². The van der Waals surface area contributed by atoms with Crippen LogP contribution >= 0.6 is 0 Å². The number of carboxylic acid groups (broad SMARTS) is 1. The highest BCUT2D eigenvalue weighted by atomic mass is 16.5. The van der Waals surface area contributed by atoms with Gasteiger partial charge in [0.2, 0.25) is 0 Å². The third kappa shape index (κ3) is 2.78. The van der Waals surface area contributed by atoms with Gasteiger partial charge in [-0.1, -0.05) is 18.2 Å². The van der Waals surface area contributed by atoms with Crippen molar-refractivity contribution in [1.29, 1.82) is 0 Å². The van der Waals surface area contributed by atoms with Crippen LogP contribution in [-0.4, -0.2) is 17.7 Å². The molecule has 0 aliphatic heterocycles. The summed E-state index contributed by atoms with van der Waals surface area (Å²) < 4.78 is 5.57. The molecule has 0 radical (unpaired) electrons. The molecule has 17 heavy (non-hydrogen) atoms. The zero-order chi connectivity index (χ0) is 12.3. The van der Waals surface area contributed by atoms with Gasteiger partial charge in [0.25, 0.3) is 0 Å². The average Bonchev–Trinajstić information content (AvgIpc) is 3.14. The quantitative estimate of drug-likeness (QED) is 0.823. The van der Waals surface area contributed by atoms with Gasteiger partial charge < -0.3 is 9.84 Å². The van der Waals surface area contributed by atoms with Crippen molar-refractivity contribution < 1.29 is 14.6 Å². The van der Waals surface area contributed by atoms with Gasteiger partial charge in [0.1, 0.15) is 5.75 Å². The van der Waals surface area contributed by atoms with E-state index in [9.17, 15) is 9.90 Å². The average molecular weight is 234 g/mol. The van der Waals surface area contributed by atoms with Crippen LogP contribution in [0.1, 0.15) is 26.2 Å². The van der Waals surface area contributed by atoms with Gasteiger partial charge in [-0.25, -0.2) is 0 Å². The molecule has 0 bridgehead atoms. The highest BCUT2D eigenvalue weighted by molar-refractivity contribution is 5.75. The third-order valence-corrected chi connectivity index (χ3v) is 3.60. The highest BCUT2D eigenvalue weighted by Gasteiger charge is 2.47. The topological polar surface area (TPSA) is 46.5 Å². The number of hydrogen-bond donors (Lipinski definition) is 1. The molecule has 1 fully saturated rings. The lowest BCUT2D eigenvalue weighted by Crippen LogP contribution is -2.31. The summed E-state index contributed by atoms with van der Waals surface area (Å²) in [6.45, 7) is 2.30. The fourth-order valence-electron chi connectivity index (χ4n) is 2.10. The molecule has 0 heterocycles. The Morgan fingerprint density at radius 1 is 1.41 bits per heavy atom. The maximum Gasteiger partial charge on any atom is 0.309 e. The molecule has 92 valence electrons. The van der Waals surface area contributed by atoms with Crippen molar-refractivity contribution in [2.75, 3.05) is 6.61 Å². The molecule has 1 aliphatic rings. The van der Waals surface area contributed by atoms with Crippen LogP contribution in [0.3, 0.4) is 0 Å². The Kier molecular flexibility index (Phi) is 3.36. The summed E-state index contributed by atoms with van der Waals surface area (Å²) >= 11 is 0. The minimum Gasteiger partial charge on any atom is -0.494 e. The van der Waals surface area contributed by atoms with Crippen molar-refractivity contribution in [3.05, 3.63) is 30.3 Å². The molecular weight excluding hydrogens is 216 g/mol. The third-order valence-electron chi connectivity index (χ3n) is 3.60. The van der Waals surface area contributed by atoms with Gasteiger partial charge in [-0.15, -0.1) is 0 Å². The van der Waals surface area contributed by atoms with Gasteiger partial charge in [0.05, 0.1) is 12.0 Å². The zero-order valence-electron chi connectivity index (χ0n) is 10.1. The SMILES string of the molecule is CC(CCOc1ccccc1)(C(=O)O)C1CC1. The highest BCUT2D eigenvalue weighted by Crippen LogP contribution is 2.47. The summed E-state index contributed by atoms with van der Waals surface area (Å²) in [5.41, 5.74) is -0.616. The van der Waals surface area contributed by atoms with Crippen LogP contribution in [0.15, 0.2) is 30.3 Å². The number of aliphatic carboxylic acids is 1. The van der Waals surface area contributed by atoms with E-state index >= 15 is 0 Å². The fourth-order valence-corrected chi connectivity index (χ4v) is 2.10. The molecule has 0 saturated heterocycles. The zero-order valence-corrected chi connectivity index (χ0v) is 10.1. The largest absolute Gasteiger partial charge is 0.494 e. The predicted molar refractivity (Wildman–Crippen MR) is 65.0 cm³/mol. The number of hydrogen-bond acceptors (Lipinski definition) is 2. The Morgan fingerprint density at radius 3 is 2.59 bits per heavy atom. The molecule has 0 amide bonds. The Hall–Kier alpha value is -1.51. The lowest BCUT2D eigenvalue weighted by molar-refractivity contribution is -0.150. The van der Waals surface area contributed by atoms with Crippen LogP contribution in [0.4, 0.5) is 0 Å². The van der Waals surface area contributed by atoms with Gasteiger partial charge in [-0.2, -0.15) is 0 Å². The summed E-state index contributed by atoms with van der Waals surface area (Å²) in [6.07, 6.45) is 2.64. The molecular formula is C14H18O3. The van der Waals surface area contributed by atoms with E-state index in [0.29, 0.717) is 18.9 Å². The minimum atomic E-state index is -0.698. The maximum atomic E-state index is 11.3. The molecule has 1 unspecified atom stereocenters. The molecule has 3 heteroatoms. The Balaban J connectivity index is 1.86. The van der Waals surface area contributed by atoms with E-state index in [0.717, 1.165) is 18.6 Å². The summed E-state index contributed by atoms with van der Waals surface area (Å²) in [7, 11) is 0. The summed E-state index contributed by atoms with van der Waals surface area (Å²) in [5, 5.41) is 9.28. The number of rotatable bonds is 6. The van der Waals surface area contributed by atoms with E-state index in [1.807, 2.05) is 37.3 Å². The predicted octanol–water partition coefficient (Wildman–Crippen LogP) is 2.96. The summed E-state index contributed by atoms with van der Waals surface area (Å²) in [4.78, 5) is 11.3. The molecule has 0 aromatic heterocycles. The van der Waals surface area contributed by atoms with E-state index < -0.39 is 11.4 Å². The Bertz CT molecular complexity index is 384. The first kappa shape index (κ1) is 12.0. The number of para-hydroxylation sites is 1. The van der Waals surface area contributed by atoms with Crippen LogP contribution in [-0.2, 0) is 4.79 Å². The molecule has 1 aliphatic carbocycles. The summed E-state index contributed by atoms with van der Waals surface area (Å²) in [6, 6.07) is 9.52. The lowest BCUT2D eigenvalue weighted by Gasteiger charge is -2.24. The molecule has 3 nitrogen and oxygen atoms in total. The maximum absolute atomic E-state index is 11.3. The molecule has 1 aromatic carbocycles. The van der Waals surface area contributed by atoms with Gasteiger partial charge in [0.15, 0.2) is 0 Å². The first-order valence-electron chi connectivity index (χ1n) is 6.04. The lowest BCUT2D eigenvalue weighted by atomic mass is 9.82. The smallest absolute Gasteiger partial charge is 0.309 e. The minimum absolute atomic E-state index is 0.333. The summed E-state index contributed by atoms with van der Waals surface area (Å²) in [5.74, 6) is 0.437. The number of ether oxygens (including phenoxy) is 1. The van der Waals surface area contributed by atoms with Gasteiger partial charge in [-0.3, -0.25) is 4.79 Å². The molecule has 1 N–H and O–H groups in total. The normalized spacial score (nSPS) is 18.4. The number of benzene rings is 1. The van der Waals surface area contributed by atoms with Crippen LogP contribution < -0.4 is 4.74 Å². The van der Waals surface area contributed by atoms with Crippen molar-refractivity contribution in [3.63, 3.8) is 0 Å². The van der Waals surface area contributed by atoms with Crippen LogP contribution in [0.25, 0.3) is 0 Å². The molecule has 2 rings (SSSR count). The van der Waals surface area contributed by atoms with Gasteiger partial charge in [-0.05, 0) is 44.2 Å². The van der Waals surface area contributed by atoms with Crippen molar-refractivity contribution in [1.82, 2.24) is 0 Å². The van der Waals surface area contributed by atoms with Crippen molar-refractivity contribution in [2.24, 2.45) is 11.3 Å². The monoisotopic (exact) mass is 234 g/mol. The first-order valence-corrected chi connectivity index (χ1v) is 6.04. The second kappa shape index (κ2) is 4.78. The second-order valence-corrected chi connectivity index (χ2v) is 4.91. The first-order chi connectivity index (χ1) is 8.13. The van der Waals surface area contributed by atoms with Crippen LogP contribution in [0.5, 0.6) is 5.75 Å². The fraction of sp³-hybridized carbons (Fsp3) is 0.500. The van der Waals surface area contributed by atoms with E-state index in [4.69, 9.17) is 4.74 Å². The molecule has 1 aromatic rings. The Morgan fingerprint density at radius 2 is 2.06 bits per heavy atom. The van der Waals surface area contributed by atoms with Crippen molar-refractivity contribution in [3.8, 4) is 5.75 Å². The number of carbonyl (C=O) groups is 1. The van der Waals surface area contributed by atoms with E-state index in [2.05, 4.69) is 0 Å². The molecule has 0 spiro atoms. The van der Waals surface area contributed by atoms with E-state index in [1.165, 1.54) is 0 Å². The standard InChI is InChI=1S/C14H18O3/c1-14(13(15)16,11-7-8-11)9-10-17-12-5-3-2-4-6-12/h2-6,11H,7-10H2,1H3,(H,15,16). The van der Waals surface area contributed by atoms with Crippen LogP contribution in [0.2, 0.25) is 0 Å². The van der Waals surface area contributed by atoms with Gasteiger partial charge >= 0.3 is 5.97 Å². The van der Waals surface area contributed by atoms with E-state index in [-0.39, 0.29) is 0 Å². The number of carboxylic acids is 1.